The molecule has 12 nitrogen and oxygen atoms in total. The number of esters is 1. The number of aromatic hydroxyl groups is 1. The number of carbonyl (C=O) groups is 4. The lowest BCUT2D eigenvalue weighted by Crippen LogP contribution is -2.53. The molecule has 0 aliphatic carbocycles. The number of methoxy groups -OCH3 is 1. The number of ether oxygens (including phenoxy) is 2. The van der Waals surface area contributed by atoms with Gasteiger partial charge in [0.2, 0.25) is 0 Å². The molecule has 49 heavy (non-hydrogen) atoms. The van der Waals surface area contributed by atoms with Crippen LogP contribution in [0.4, 0.5) is 15.3 Å². The molecule has 4 aliphatic rings. The zero-order valence-corrected chi connectivity index (χ0v) is 30.8. The van der Waals surface area contributed by atoms with Gasteiger partial charge in [-0.3, -0.25) is 14.5 Å². The Bertz CT molecular complexity index is 1540. The predicted molar refractivity (Wildman–Crippen MR) is 189 cm³/mol. The Morgan fingerprint density at radius 2 is 1.57 bits per heavy atom. The molecular weight excluding hydrogens is 762 g/mol. The quantitative estimate of drug-likeness (QED) is 0.368. The van der Waals surface area contributed by atoms with Gasteiger partial charge in [-0.15, -0.1) is 0 Å². The Morgan fingerprint density at radius 1 is 0.918 bits per heavy atom. The van der Waals surface area contributed by atoms with Crippen molar-refractivity contribution in [1.82, 2.24) is 19.6 Å². The molecule has 4 heterocycles. The summed E-state index contributed by atoms with van der Waals surface area (Å²) in [4.78, 5) is 60.5. The Balaban J connectivity index is 1.09. The number of rotatable bonds is 7. The number of para-hydroxylation sites is 1. The van der Waals surface area contributed by atoms with Crippen LogP contribution in [0.5, 0.6) is 5.75 Å². The lowest BCUT2D eigenvalue weighted by atomic mass is 10.00. The van der Waals surface area contributed by atoms with Gasteiger partial charge in [0.05, 0.1) is 16.1 Å². The lowest BCUT2D eigenvalue weighted by Gasteiger charge is -2.40. The summed E-state index contributed by atoms with van der Waals surface area (Å²) in [7, 11) is 1.42. The van der Waals surface area contributed by atoms with Gasteiger partial charge in [-0.05, 0) is 113 Å². The zero-order valence-electron chi connectivity index (χ0n) is 27.6. The summed E-state index contributed by atoms with van der Waals surface area (Å²) < 4.78 is 12.0. The van der Waals surface area contributed by atoms with E-state index in [0.29, 0.717) is 72.9 Å². The molecule has 2 atom stereocenters. The highest BCUT2D eigenvalue weighted by atomic mass is 79.9. The number of piperidine rings is 2. The summed E-state index contributed by atoms with van der Waals surface area (Å²) in [6.45, 7) is 3.20. The number of hydrogen-bond acceptors (Lipinski definition) is 8. The minimum atomic E-state index is -1.07. The highest BCUT2D eigenvalue weighted by molar-refractivity contribution is 9.11. The molecule has 264 valence electrons. The molecule has 0 spiro atoms. The van der Waals surface area contributed by atoms with Crippen LogP contribution in [0.25, 0.3) is 0 Å². The van der Waals surface area contributed by atoms with E-state index in [-0.39, 0.29) is 48.2 Å². The van der Waals surface area contributed by atoms with Crippen LogP contribution in [0.3, 0.4) is 0 Å². The second-order valence-electron chi connectivity index (χ2n) is 13.2. The first-order valence-corrected chi connectivity index (χ1v) is 18.6. The van der Waals surface area contributed by atoms with Gasteiger partial charge < -0.3 is 34.6 Å². The van der Waals surface area contributed by atoms with Crippen molar-refractivity contribution in [1.29, 1.82) is 0 Å². The summed E-state index contributed by atoms with van der Waals surface area (Å²) >= 11 is 6.73. The van der Waals surface area contributed by atoms with E-state index in [1.54, 1.807) is 21.9 Å². The number of nitrogens with zero attached hydrogens (tertiary/aromatic N) is 4. The van der Waals surface area contributed by atoms with E-state index in [4.69, 9.17) is 9.47 Å². The highest BCUT2D eigenvalue weighted by Crippen LogP contribution is 2.34. The van der Waals surface area contributed by atoms with Crippen molar-refractivity contribution < 1.29 is 33.8 Å². The number of fused-ring (bicyclic) bond motifs is 1. The molecule has 4 amide bonds. The van der Waals surface area contributed by atoms with Crippen molar-refractivity contribution in [3.8, 4) is 5.75 Å². The maximum absolute atomic E-state index is 14.0. The molecular formula is C35H43Br2N5O7. The number of anilines is 1. The normalized spacial score (nSPS) is 21.5. The third-order valence-corrected chi connectivity index (χ3v) is 11.5. The molecule has 0 saturated carbocycles. The number of nitrogens with one attached hydrogen (secondary N) is 1. The van der Waals surface area contributed by atoms with Gasteiger partial charge in [-0.25, -0.2) is 9.59 Å². The SMILES string of the molecule is COC(=O)C1CCCN1C1CCN(C(=O)C(Cc2cc(Br)c(O)c(Br)c2)OC(=O)N2CCC(N3CCc4ccccc4NC3=O)CC2)CC1. The molecule has 2 aromatic carbocycles. The molecule has 4 aliphatic heterocycles. The van der Waals surface area contributed by atoms with Gasteiger partial charge in [-0.1, -0.05) is 18.2 Å². The summed E-state index contributed by atoms with van der Waals surface area (Å²) in [5.41, 5.74) is 2.65. The number of carbonyl (C=O) groups excluding carboxylic acids is 4. The second kappa shape index (κ2) is 15.7. The lowest BCUT2D eigenvalue weighted by molar-refractivity contribution is -0.148. The fourth-order valence-corrected chi connectivity index (χ4v) is 8.94. The Hall–Kier alpha value is -3.36. The van der Waals surface area contributed by atoms with E-state index in [1.807, 2.05) is 29.2 Å². The number of likely N-dealkylation sites (tertiary alicyclic amines) is 3. The minimum Gasteiger partial charge on any atom is -0.506 e. The number of urea groups is 1. The average Bonchev–Trinajstić information content (AvgIpc) is 3.54. The van der Waals surface area contributed by atoms with Crippen LogP contribution >= 0.6 is 31.9 Å². The average molecular weight is 806 g/mol. The van der Waals surface area contributed by atoms with Gasteiger partial charge >= 0.3 is 18.1 Å². The maximum atomic E-state index is 14.0. The van der Waals surface area contributed by atoms with Crippen LogP contribution in [-0.4, -0.2) is 119 Å². The molecule has 14 heteroatoms. The fraction of sp³-hybridized carbons (Fsp3) is 0.543. The van der Waals surface area contributed by atoms with E-state index in [0.717, 1.165) is 37.1 Å². The summed E-state index contributed by atoms with van der Waals surface area (Å²) in [5.74, 6) is -0.435. The smallest absolute Gasteiger partial charge is 0.410 e. The number of phenolic OH excluding ortho intramolecular Hbond substituents is 1. The molecule has 2 aromatic rings. The van der Waals surface area contributed by atoms with Crippen LogP contribution in [0, 0.1) is 0 Å². The van der Waals surface area contributed by atoms with Gasteiger partial charge in [0, 0.05) is 56.9 Å². The number of hydrogen-bond donors (Lipinski definition) is 2. The van der Waals surface area contributed by atoms with E-state index in [2.05, 4.69) is 42.1 Å². The van der Waals surface area contributed by atoms with Crippen molar-refractivity contribution in [2.75, 3.05) is 51.7 Å². The molecule has 2 unspecified atom stereocenters. The second-order valence-corrected chi connectivity index (χ2v) is 14.9. The molecule has 0 bridgehead atoms. The summed E-state index contributed by atoms with van der Waals surface area (Å²) in [6.07, 6.45) is 3.58. The third-order valence-electron chi connectivity index (χ3n) is 10.3. The van der Waals surface area contributed by atoms with Crippen LogP contribution in [-0.2, 0) is 31.9 Å². The monoisotopic (exact) mass is 803 g/mol. The Labute approximate surface area is 303 Å². The number of halogens is 2. The maximum Gasteiger partial charge on any atom is 0.410 e. The standard InChI is InChI=1S/C35H43Br2N5O7/c1-48-33(45)29-7-4-13-41(29)24-9-14-39(15-10-24)32(44)30(21-22-19-26(36)31(43)27(37)20-22)49-35(47)40-16-11-25(12-17-40)42-18-8-23-5-2-3-6-28(23)38-34(42)46/h2-3,5-6,19-20,24-25,29-30,43H,4,7-18,21H2,1H3,(H,38,46). The highest BCUT2D eigenvalue weighted by Gasteiger charge is 2.40. The molecule has 2 N–H and O–H groups in total. The van der Waals surface area contributed by atoms with Crippen molar-refractivity contribution in [2.45, 2.75) is 75.6 Å². The molecule has 3 saturated heterocycles. The van der Waals surface area contributed by atoms with E-state index in [1.165, 1.54) is 7.11 Å². The van der Waals surface area contributed by atoms with E-state index < -0.39 is 12.2 Å². The van der Waals surface area contributed by atoms with Gasteiger partial charge in [-0.2, -0.15) is 0 Å². The molecule has 0 radical (unpaired) electrons. The van der Waals surface area contributed by atoms with Crippen LogP contribution in [0.2, 0.25) is 0 Å². The first-order valence-electron chi connectivity index (χ1n) is 17.0. The first-order chi connectivity index (χ1) is 23.6. The topological polar surface area (TPSA) is 132 Å². The van der Waals surface area contributed by atoms with Gasteiger partial charge in [0.1, 0.15) is 11.8 Å². The van der Waals surface area contributed by atoms with Crippen molar-refractivity contribution in [3.63, 3.8) is 0 Å². The molecule has 3 fully saturated rings. The fourth-order valence-electron chi connectivity index (χ4n) is 7.66. The van der Waals surface area contributed by atoms with Crippen molar-refractivity contribution in [2.24, 2.45) is 0 Å². The van der Waals surface area contributed by atoms with Crippen LogP contribution in [0.15, 0.2) is 45.3 Å². The van der Waals surface area contributed by atoms with Crippen molar-refractivity contribution in [3.05, 3.63) is 56.5 Å². The Morgan fingerprint density at radius 3 is 2.27 bits per heavy atom. The van der Waals surface area contributed by atoms with Crippen LogP contribution in [0.1, 0.15) is 49.7 Å². The first kappa shape index (κ1) is 35.5. The van der Waals surface area contributed by atoms with Gasteiger partial charge in [0.25, 0.3) is 5.91 Å². The number of amides is 4. The minimum absolute atomic E-state index is 0.0156. The van der Waals surface area contributed by atoms with Crippen molar-refractivity contribution >= 4 is 61.5 Å². The van der Waals surface area contributed by atoms with Crippen LogP contribution < -0.4 is 5.32 Å². The number of benzene rings is 2. The Kier molecular flexibility index (Phi) is 11.3. The van der Waals surface area contributed by atoms with Gasteiger partial charge in [0.15, 0.2) is 6.10 Å². The summed E-state index contributed by atoms with van der Waals surface area (Å²) in [6, 6.07) is 11.0. The molecule has 0 aromatic heterocycles. The largest absolute Gasteiger partial charge is 0.506 e. The molecule has 6 rings (SSSR count). The van der Waals surface area contributed by atoms with E-state index in [9.17, 15) is 24.3 Å². The zero-order chi connectivity index (χ0) is 34.7. The third kappa shape index (κ3) is 8.01. The number of phenols is 1. The van der Waals surface area contributed by atoms with E-state index >= 15 is 0 Å². The predicted octanol–water partition coefficient (Wildman–Crippen LogP) is 5.15. The summed E-state index contributed by atoms with van der Waals surface area (Å²) in [5, 5.41) is 13.3.